The number of nitrogens with zero attached hydrogens (tertiary/aromatic N) is 3. The fourth-order valence-electron chi connectivity index (χ4n) is 4.41. The smallest absolute Gasteiger partial charge is 0.137 e. The monoisotopic (exact) mass is 453 g/mol. The highest BCUT2D eigenvalue weighted by molar-refractivity contribution is 7.16. The second-order valence-corrected chi connectivity index (χ2v) is 9.19. The van der Waals surface area contributed by atoms with Crippen LogP contribution in [0.4, 0.5) is 5.00 Å². The molecule has 0 N–H and O–H groups in total. The Morgan fingerprint density at radius 2 is 1.79 bits per heavy atom. The molecule has 5 rings (SSSR count). The van der Waals surface area contributed by atoms with Gasteiger partial charge in [0.05, 0.1) is 18.2 Å². The van der Waals surface area contributed by atoms with E-state index in [9.17, 15) is 10.5 Å². The molecule has 0 bridgehead atoms. The molecule has 1 aromatic heterocycles. The molecule has 0 unspecified atom stereocenters. The van der Waals surface area contributed by atoms with Crippen molar-refractivity contribution in [3.63, 3.8) is 0 Å². The maximum absolute atomic E-state index is 9.60. The third kappa shape index (κ3) is 4.36. The van der Waals surface area contributed by atoms with Crippen molar-refractivity contribution in [2.24, 2.45) is 0 Å². The minimum absolute atomic E-state index is 0.131. The van der Waals surface area contributed by atoms with Gasteiger partial charge in [-0.2, -0.15) is 10.5 Å². The molecular weight excluding hydrogens is 430 g/mol. The topological polar surface area (TPSA) is 69.3 Å². The van der Waals surface area contributed by atoms with Crippen molar-refractivity contribution in [3.05, 3.63) is 87.0 Å². The van der Waals surface area contributed by atoms with Gasteiger partial charge in [0.15, 0.2) is 0 Å². The molecular formula is C27H23N3O2S. The van der Waals surface area contributed by atoms with Gasteiger partial charge in [-0.1, -0.05) is 30.3 Å². The predicted octanol–water partition coefficient (Wildman–Crippen LogP) is 5.82. The van der Waals surface area contributed by atoms with E-state index in [4.69, 9.17) is 9.47 Å². The Labute approximate surface area is 197 Å². The van der Waals surface area contributed by atoms with Gasteiger partial charge < -0.3 is 14.4 Å². The fourth-order valence-corrected chi connectivity index (χ4v) is 5.44. The lowest BCUT2D eigenvalue weighted by atomic mass is 9.84. The van der Waals surface area contributed by atoms with Crippen LogP contribution in [-0.2, 0) is 9.47 Å². The van der Waals surface area contributed by atoms with Gasteiger partial charge in [0.25, 0.3) is 0 Å². The molecule has 0 radical (unpaired) electrons. The van der Waals surface area contributed by atoms with Gasteiger partial charge in [-0.15, -0.1) is 11.3 Å². The molecule has 33 heavy (non-hydrogen) atoms. The second kappa shape index (κ2) is 9.50. The Morgan fingerprint density at radius 3 is 2.55 bits per heavy atom. The summed E-state index contributed by atoms with van der Waals surface area (Å²) in [7, 11) is 0. The van der Waals surface area contributed by atoms with Crippen molar-refractivity contribution in [3.8, 4) is 12.1 Å². The molecule has 5 nitrogen and oxygen atoms in total. The molecule has 2 aromatic rings. The lowest BCUT2D eigenvalue weighted by molar-refractivity contribution is 0.123. The molecule has 1 saturated heterocycles. The van der Waals surface area contributed by atoms with Crippen molar-refractivity contribution in [2.75, 3.05) is 31.2 Å². The highest BCUT2D eigenvalue weighted by Crippen LogP contribution is 2.43. The largest absolute Gasteiger partial charge is 0.456 e. The van der Waals surface area contributed by atoms with Crippen LogP contribution in [0.15, 0.2) is 76.6 Å². The minimum Gasteiger partial charge on any atom is -0.456 e. The number of benzene rings is 1. The summed E-state index contributed by atoms with van der Waals surface area (Å²) in [5, 5.41) is 20.5. The first-order chi connectivity index (χ1) is 16.3. The lowest BCUT2D eigenvalue weighted by Gasteiger charge is -2.29. The SMILES string of the molecule is N#CC(C#N)=C1C=C(c2ccccc2)OC2=C1CCC/C2=C\c1ccc(N2CCOCC2)s1. The zero-order valence-corrected chi connectivity index (χ0v) is 19.0. The highest BCUT2D eigenvalue weighted by Gasteiger charge is 2.29. The van der Waals surface area contributed by atoms with Crippen LogP contribution < -0.4 is 4.90 Å². The summed E-state index contributed by atoms with van der Waals surface area (Å²) in [4.78, 5) is 3.54. The second-order valence-electron chi connectivity index (χ2n) is 8.10. The number of morpholine rings is 1. The molecule has 0 saturated carbocycles. The fraction of sp³-hybridized carbons (Fsp3) is 0.259. The summed E-state index contributed by atoms with van der Waals surface area (Å²) < 4.78 is 11.9. The predicted molar refractivity (Wildman–Crippen MR) is 130 cm³/mol. The Hall–Kier alpha value is -3.58. The normalized spacial score (nSPS) is 19.3. The Kier molecular flexibility index (Phi) is 6.13. The van der Waals surface area contributed by atoms with Crippen molar-refractivity contribution < 1.29 is 9.47 Å². The summed E-state index contributed by atoms with van der Waals surface area (Å²) in [6.45, 7) is 3.36. The molecule has 1 aromatic carbocycles. The quantitative estimate of drug-likeness (QED) is 0.548. The number of nitriles is 2. The van der Waals surface area contributed by atoms with Crippen LogP contribution >= 0.6 is 11.3 Å². The molecule has 6 heteroatoms. The van der Waals surface area contributed by atoms with Gasteiger partial charge in [0.1, 0.15) is 29.2 Å². The van der Waals surface area contributed by atoms with Crippen molar-refractivity contribution in [1.29, 1.82) is 10.5 Å². The maximum atomic E-state index is 9.60. The summed E-state index contributed by atoms with van der Waals surface area (Å²) in [6.07, 6.45) is 6.69. The first kappa shape index (κ1) is 21.3. The van der Waals surface area contributed by atoms with Crippen LogP contribution in [0, 0.1) is 22.7 Å². The van der Waals surface area contributed by atoms with E-state index < -0.39 is 0 Å². The molecule has 1 fully saturated rings. The van der Waals surface area contributed by atoms with Gasteiger partial charge in [-0.05, 0) is 49.1 Å². The Bertz CT molecular complexity index is 1250. The average Bonchev–Trinajstić information content (AvgIpc) is 3.34. The Morgan fingerprint density at radius 1 is 1.00 bits per heavy atom. The number of anilines is 1. The van der Waals surface area contributed by atoms with Crippen molar-refractivity contribution in [1.82, 2.24) is 0 Å². The number of rotatable bonds is 3. The maximum Gasteiger partial charge on any atom is 0.137 e. The number of hydrogen-bond donors (Lipinski definition) is 0. The summed E-state index contributed by atoms with van der Waals surface area (Å²) in [6, 6.07) is 18.3. The van der Waals surface area contributed by atoms with Crippen LogP contribution in [0.1, 0.15) is 29.7 Å². The van der Waals surface area contributed by atoms with E-state index in [2.05, 4.69) is 35.2 Å². The van der Waals surface area contributed by atoms with Crippen LogP contribution in [0.5, 0.6) is 0 Å². The summed E-state index contributed by atoms with van der Waals surface area (Å²) in [5.41, 5.74) is 3.81. The van der Waals surface area contributed by atoms with Gasteiger partial charge in [0.2, 0.25) is 0 Å². The first-order valence-corrected chi connectivity index (χ1v) is 11.9. The van der Waals surface area contributed by atoms with Crippen molar-refractivity contribution >= 4 is 28.2 Å². The van der Waals surface area contributed by atoms with E-state index in [1.807, 2.05) is 36.4 Å². The average molecular weight is 454 g/mol. The lowest BCUT2D eigenvalue weighted by Crippen LogP contribution is -2.35. The van der Waals surface area contributed by atoms with Gasteiger partial charge >= 0.3 is 0 Å². The molecule has 0 atom stereocenters. The van der Waals surface area contributed by atoms with Gasteiger partial charge in [-0.25, -0.2) is 0 Å². The van der Waals surface area contributed by atoms with E-state index in [1.165, 1.54) is 9.88 Å². The van der Waals surface area contributed by atoms with Crippen molar-refractivity contribution in [2.45, 2.75) is 19.3 Å². The molecule has 0 spiro atoms. The number of allylic oxidation sites excluding steroid dienone is 5. The number of hydrogen-bond acceptors (Lipinski definition) is 6. The van der Waals surface area contributed by atoms with Crippen LogP contribution in [0.2, 0.25) is 0 Å². The minimum atomic E-state index is 0.131. The standard InChI is InChI=1S/C27H23N3O2S/c28-17-21(18-29)24-16-25(19-5-2-1-3-6-19)32-27-20(7-4-8-23(24)27)15-22-9-10-26(33-22)30-11-13-31-14-12-30/h1-3,5-6,9-10,15-16H,4,7-8,11-14H2/b20-15+. The van der Waals surface area contributed by atoms with Crippen LogP contribution in [0.25, 0.3) is 11.8 Å². The Balaban J connectivity index is 1.54. The molecule has 2 aliphatic heterocycles. The summed E-state index contributed by atoms with van der Waals surface area (Å²) >= 11 is 1.77. The zero-order valence-electron chi connectivity index (χ0n) is 18.2. The molecule has 1 aliphatic carbocycles. The van der Waals surface area contributed by atoms with E-state index in [-0.39, 0.29) is 5.57 Å². The van der Waals surface area contributed by atoms with Crippen LogP contribution in [0.3, 0.4) is 0 Å². The zero-order chi connectivity index (χ0) is 22.6. The molecule has 164 valence electrons. The van der Waals surface area contributed by atoms with E-state index in [0.29, 0.717) is 11.3 Å². The molecule has 0 amide bonds. The molecule has 3 aliphatic rings. The summed E-state index contributed by atoms with van der Waals surface area (Å²) in [5.74, 6) is 1.46. The van der Waals surface area contributed by atoms with E-state index >= 15 is 0 Å². The van der Waals surface area contributed by atoms with Crippen LogP contribution in [-0.4, -0.2) is 26.3 Å². The van der Waals surface area contributed by atoms with E-state index in [0.717, 1.165) is 68.0 Å². The van der Waals surface area contributed by atoms with E-state index in [1.54, 1.807) is 11.3 Å². The first-order valence-electron chi connectivity index (χ1n) is 11.1. The number of ether oxygens (including phenoxy) is 2. The third-order valence-corrected chi connectivity index (χ3v) is 7.15. The molecule has 3 heterocycles. The van der Waals surface area contributed by atoms with Gasteiger partial charge in [0, 0.05) is 34.7 Å². The van der Waals surface area contributed by atoms with Gasteiger partial charge in [-0.3, -0.25) is 0 Å². The highest BCUT2D eigenvalue weighted by atomic mass is 32.1. The number of thiophene rings is 1. The third-order valence-electron chi connectivity index (χ3n) is 6.05.